The SMILES string of the molecule is C[C@H](CC(=O)C(O)C(O)C(O)C(O)CO)C(=O)O. The van der Waals surface area contributed by atoms with E-state index < -0.39 is 55.1 Å². The van der Waals surface area contributed by atoms with Crippen molar-refractivity contribution < 1.29 is 40.2 Å². The summed E-state index contributed by atoms with van der Waals surface area (Å²) in [7, 11) is 0. The summed E-state index contributed by atoms with van der Waals surface area (Å²) in [6, 6.07) is 0. The van der Waals surface area contributed by atoms with Crippen LogP contribution in [0.25, 0.3) is 0 Å². The Hall–Kier alpha value is -1.06. The van der Waals surface area contributed by atoms with Crippen LogP contribution in [0.3, 0.4) is 0 Å². The van der Waals surface area contributed by atoms with E-state index >= 15 is 0 Å². The van der Waals surface area contributed by atoms with E-state index in [0.717, 1.165) is 0 Å². The number of aliphatic carboxylic acids is 1. The van der Waals surface area contributed by atoms with Gasteiger partial charge in [0.15, 0.2) is 5.78 Å². The number of Topliss-reactive ketones (excluding diaryl/α,β-unsaturated/α-hetero) is 1. The monoisotopic (exact) mass is 266 g/mol. The van der Waals surface area contributed by atoms with Gasteiger partial charge in [0.1, 0.15) is 24.4 Å². The molecule has 0 saturated carbocycles. The standard InChI is InChI=1S/C10H18O8/c1-4(10(17)18)2-5(12)7(14)9(16)8(15)6(13)3-11/h4,6-9,11,13-16H,2-3H2,1H3,(H,17,18)/t4-,6?,7?,8?,9?/m1/s1. The first-order valence-corrected chi connectivity index (χ1v) is 5.31. The molecule has 0 radical (unpaired) electrons. The van der Waals surface area contributed by atoms with Crippen LogP contribution in [-0.2, 0) is 9.59 Å². The second kappa shape index (κ2) is 7.39. The van der Waals surface area contributed by atoms with Gasteiger partial charge in [-0.1, -0.05) is 6.92 Å². The molecule has 0 fully saturated rings. The van der Waals surface area contributed by atoms with Crippen molar-refractivity contribution in [3.05, 3.63) is 0 Å². The fourth-order valence-electron chi connectivity index (χ4n) is 1.22. The molecular formula is C10H18O8. The van der Waals surface area contributed by atoms with Gasteiger partial charge in [0, 0.05) is 6.42 Å². The molecule has 0 aliphatic heterocycles. The molecule has 0 aliphatic rings. The van der Waals surface area contributed by atoms with Crippen molar-refractivity contribution in [1.29, 1.82) is 0 Å². The van der Waals surface area contributed by atoms with Gasteiger partial charge in [0.05, 0.1) is 12.5 Å². The average Bonchev–Trinajstić information content (AvgIpc) is 2.34. The number of hydrogen-bond acceptors (Lipinski definition) is 7. The Kier molecular flexibility index (Phi) is 6.96. The Labute approximate surface area is 103 Å². The van der Waals surface area contributed by atoms with Gasteiger partial charge in [-0.25, -0.2) is 0 Å². The number of carboxylic acids is 1. The molecule has 0 rings (SSSR count). The van der Waals surface area contributed by atoms with Crippen LogP contribution in [0.4, 0.5) is 0 Å². The van der Waals surface area contributed by atoms with Gasteiger partial charge < -0.3 is 30.6 Å². The average molecular weight is 266 g/mol. The molecule has 0 heterocycles. The summed E-state index contributed by atoms with van der Waals surface area (Å²) in [6.45, 7) is 0.392. The first kappa shape index (κ1) is 16.9. The summed E-state index contributed by atoms with van der Waals surface area (Å²) in [6.07, 6.45) is -8.16. The summed E-state index contributed by atoms with van der Waals surface area (Å²) in [5.74, 6) is -3.25. The van der Waals surface area contributed by atoms with Crippen LogP contribution >= 0.6 is 0 Å². The number of aliphatic hydroxyl groups is 5. The van der Waals surface area contributed by atoms with Gasteiger partial charge in [0.25, 0.3) is 0 Å². The molecule has 4 unspecified atom stereocenters. The molecule has 106 valence electrons. The molecule has 8 heteroatoms. The number of carboxylic acid groups (broad SMARTS) is 1. The lowest BCUT2D eigenvalue weighted by atomic mass is 9.95. The van der Waals surface area contributed by atoms with Gasteiger partial charge >= 0.3 is 5.97 Å². The van der Waals surface area contributed by atoms with Crippen molar-refractivity contribution >= 4 is 11.8 Å². The highest BCUT2D eigenvalue weighted by atomic mass is 16.4. The van der Waals surface area contributed by atoms with E-state index in [1.165, 1.54) is 6.92 Å². The molecule has 18 heavy (non-hydrogen) atoms. The Morgan fingerprint density at radius 3 is 1.94 bits per heavy atom. The minimum absolute atomic E-state index is 0.518. The van der Waals surface area contributed by atoms with Crippen LogP contribution in [0.1, 0.15) is 13.3 Å². The molecule has 0 bridgehead atoms. The van der Waals surface area contributed by atoms with Crippen molar-refractivity contribution in [2.75, 3.05) is 6.61 Å². The molecule has 0 aromatic rings. The van der Waals surface area contributed by atoms with Crippen LogP contribution < -0.4 is 0 Å². The van der Waals surface area contributed by atoms with Crippen molar-refractivity contribution in [2.24, 2.45) is 5.92 Å². The normalized spacial score (nSPS) is 19.7. The summed E-state index contributed by atoms with van der Waals surface area (Å²) in [4.78, 5) is 21.9. The number of carbonyl (C=O) groups is 2. The molecular weight excluding hydrogens is 248 g/mol. The predicted octanol–water partition coefficient (Wildman–Crippen LogP) is -2.90. The summed E-state index contributed by atoms with van der Waals surface area (Å²) >= 11 is 0. The smallest absolute Gasteiger partial charge is 0.306 e. The number of hydrogen-bond donors (Lipinski definition) is 6. The lowest BCUT2D eigenvalue weighted by Gasteiger charge is -2.25. The maximum Gasteiger partial charge on any atom is 0.306 e. The predicted molar refractivity (Wildman–Crippen MR) is 57.5 cm³/mol. The van der Waals surface area contributed by atoms with Crippen molar-refractivity contribution in [3.63, 3.8) is 0 Å². The van der Waals surface area contributed by atoms with Crippen LogP contribution in [0, 0.1) is 5.92 Å². The third-order valence-corrected chi connectivity index (χ3v) is 2.51. The van der Waals surface area contributed by atoms with E-state index in [1.807, 2.05) is 0 Å². The van der Waals surface area contributed by atoms with Gasteiger partial charge in [0.2, 0.25) is 0 Å². The van der Waals surface area contributed by atoms with Crippen LogP contribution in [0.15, 0.2) is 0 Å². The fourth-order valence-corrected chi connectivity index (χ4v) is 1.22. The van der Waals surface area contributed by atoms with Crippen molar-refractivity contribution in [3.8, 4) is 0 Å². The highest BCUT2D eigenvalue weighted by Gasteiger charge is 2.34. The molecule has 8 nitrogen and oxygen atoms in total. The Morgan fingerprint density at radius 2 is 1.56 bits per heavy atom. The number of ketones is 1. The minimum atomic E-state index is -2.03. The Balaban J connectivity index is 4.49. The maximum absolute atomic E-state index is 11.4. The first-order valence-electron chi connectivity index (χ1n) is 5.31. The minimum Gasteiger partial charge on any atom is -0.481 e. The molecule has 0 saturated heterocycles. The van der Waals surface area contributed by atoms with Gasteiger partial charge in [-0.15, -0.1) is 0 Å². The molecule has 0 aromatic heterocycles. The zero-order chi connectivity index (χ0) is 14.5. The molecule has 0 aromatic carbocycles. The molecule has 0 amide bonds. The van der Waals surface area contributed by atoms with E-state index in [2.05, 4.69) is 0 Å². The molecule has 0 spiro atoms. The number of rotatable bonds is 8. The topological polar surface area (TPSA) is 156 Å². The number of carbonyl (C=O) groups excluding carboxylic acids is 1. The molecule has 5 atom stereocenters. The van der Waals surface area contributed by atoms with Crippen LogP contribution in [0.5, 0.6) is 0 Å². The zero-order valence-electron chi connectivity index (χ0n) is 9.80. The van der Waals surface area contributed by atoms with E-state index in [1.54, 1.807) is 0 Å². The van der Waals surface area contributed by atoms with E-state index in [9.17, 15) is 24.9 Å². The van der Waals surface area contributed by atoms with E-state index in [-0.39, 0.29) is 0 Å². The third-order valence-electron chi connectivity index (χ3n) is 2.51. The zero-order valence-corrected chi connectivity index (χ0v) is 9.80. The number of aliphatic hydroxyl groups excluding tert-OH is 5. The molecule has 6 N–H and O–H groups in total. The lowest BCUT2D eigenvalue weighted by molar-refractivity contribution is -0.151. The van der Waals surface area contributed by atoms with Crippen LogP contribution in [-0.4, -0.2) is 73.4 Å². The molecule has 0 aliphatic carbocycles. The summed E-state index contributed by atoms with van der Waals surface area (Å²) in [5.41, 5.74) is 0. The van der Waals surface area contributed by atoms with Gasteiger partial charge in [-0.3, -0.25) is 9.59 Å². The fraction of sp³-hybridized carbons (Fsp3) is 0.800. The Morgan fingerprint density at radius 1 is 1.06 bits per heavy atom. The van der Waals surface area contributed by atoms with Crippen molar-refractivity contribution in [1.82, 2.24) is 0 Å². The second-order valence-corrected chi connectivity index (χ2v) is 4.09. The summed E-state index contributed by atoms with van der Waals surface area (Å²) < 4.78 is 0. The van der Waals surface area contributed by atoms with Crippen LogP contribution in [0.2, 0.25) is 0 Å². The Bertz CT molecular complexity index is 292. The van der Waals surface area contributed by atoms with E-state index in [0.29, 0.717) is 0 Å². The first-order chi connectivity index (χ1) is 8.22. The van der Waals surface area contributed by atoms with Crippen molar-refractivity contribution in [2.45, 2.75) is 37.8 Å². The third kappa shape index (κ3) is 4.67. The highest BCUT2D eigenvalue weighted by molar-refractivity contribution is 5.87. The lowest BCUT2D eigenvalue weighted by Crippen LogP contribution is -2.49. The summed E-state index contributed by atoms with van der Waals surface area (Å²) in [5, 5.41) is 54.1. The largest absolute Gasteiger partial charge is 0.481 e. The van der Waals surface area contributed by atoms with E-state index in [4.69, 9.17) is 15.3 Å². The quantitative estimate of drug-likeness (QED) is 0.273. The maximum atomic E-state index is 11.4. The van der Waals surface area contributed by atoms with Gasteiger partial charge in [-0.2, -0.15) is 0 Å². The highest BCUT2D eigenvalue weighted by Crippen LogP contribution is 2.11. The van der Waals surface area contributed by atoms with Gasteiger partial charge in [-0.05, 0) is 0 Å². The second-order valence-electron chi connectivity index (χ2n) is 4.09.